The first kappa shape index (κ1) is 9.27. The molecule has 62 valence electrons. The zero-order valence-electron chi connectivity index (χ0n) is 6.07. The standard InChI is InChI=1S/C8H6AsFO2/c9-7(8(11)12)5-2-1-3-6(10)4-5/h1-4,7H,(H,11,12). The predicted octanol–water partition coefficient (Wildman–Crippen LogP) is 1.12. The van der Waals surface area contributed by atoms with Gasteiger partial charge >= 0.3 is 77.5 Å². The van der Waals surface area contributed by atoms with Gasteiger partial charge in [-0.2, -0.15) is 0 Å². The molecule has 12 heavy (non-hydrogen) atoms. The molecule has 0 aliphatic heterocycles. The monoisotopic (exact) mass is 228 g/mol. The van der Waals surface area contributed by atoms with Crippen LogP contribution in [0.5, 0.6) is 0 Å². The van der Waals surface area contributed by atoms with Gasteiger partial charge in [-0.15, -0.1) is 0 Å². The maximum absolute atomic E-state index is 12.6. The van der Waals surface area contributed by atoms with Crippen molar-refractivity contribution < 1.29 is 14.3 Å². The minimum atomic E-state index is -0.972. The molecule has 0 aliphatic carbocycles. The van der Waals surface area contributed by atoms with E-state index in [1.165, 1.54) is 18.2 Å². The molecule has 1 N–H and O–H groups in total. The van der Waals surface area contributed by atoms with Crippen LogP contribution in [0.2, 0.25) is 0 Å². The van der Waals surface area contributed by atoms with E-state index in [9.17, 15) is 9.18 Å². The fraction of sp³-hybridized carbons (Fsp3) is 0.125. The summed E-state index contributed by atoms with van der Waals surface area (Å²) in [5.41, 5.74) is 0.461. The van der Waals surface area contributed by atoms with Crippen LogP contribution in [0.4, 0.5) is 4.39 Å². The Kier molecular flexibility index (Phi) is 2.87. The Morgan fingerprint density at radius 1 is 1.58 bits per heavy atom. The maximum atomic E-state index is 12.6. The molecule has 0 saturated heterocycles. The molecule has 1 aromatic rings. The summed E-state index contributed by atoms with van der Waals surface area (Å²) in [5.74, 6) is -1.38. The average molecular weight is 228 g/mol. The number of carboxylic acids is 1. The van der Waals surface area contributed by atoms with E-state index in [4.69, 9.17) is 5.11 Å². The normalized spacial score (nSPS) is 12.5. The first-order valence-electron chi connectivity index (χ1n) is 3.27. The second kappa shape index (κ2) is 3.72. The Morgan fingerprint density at radius 2 is 2.25 bits per heavy atom. The Bertz CT molecular complexity index is 301. The molecule has 0 heterocycles. The molecular formula is C8H6AsFO2. The number of aliphatic carboxylic acids is 1. The van der Waals surface area contributed by atoms with Gasteiger partial charge in [-0.3, -0.25) is 0 Å². The average Bonchev–Trinajstić information content (AvgIpc) is 2.03. The van der Waals surface area contributed by atoms with Crippen LogP contribution < -0.4 is 0 Å². The van der Waals surface area contributed by atoms with Crippen molar-refractivity contribution in [2.45, 2.75) is 4.71 Å². The molecular weight excluding hydrogens is 222 g/mol. The Balaban J connectivity index is 2.95. The zero-order valence-corrected chi connectivity index (χ0v) is 7.94. The third-order valence-corrected chi connectivity index (χ3v) is 2.49. The van der Waals surface area contributed by atoms with E-state index in [-0.39, 0.29) is 0 Å². The molecule has 0 bridgehead atoms. The van der Waals surface area contributed by atoms with Crippen LogP contribution in [0.25, 0.3) is 0 Å². The summed E-state index contributed by atoms with van der Waals surface area (Å²) in [5, 5.41) is 8.59. The van der Waals surface area contributed by atoms with E-state index >= 15 is 0 Å². The third-order valence-electron chi connectivity index (χ3n) is 1.40. The van der Waals surface area contributed by atoms with E-state index in [0.717, 1.165) is 0 Å². The van der Waals surface area contributed by atoms with Gasteiger partial charge in [0.15, 0.2) is 0 Å². The molecule has 2 nitrogen and oxygen atoms in total. The van der Waals surface area contributed by atoms with Gasteiger partial charge in [0.05, 0.1) is 0 Å². The first-order chi connectivity index (χ1) is 5.61. The number of carbonyl (C=O) groups is 1. The Morgan fingerprint density at radius 3 is 2.75 bits per heavy atom. The van der Waals surface area contributed by atoms with Crippen LogP contribution in [0.15, 0.2) is 24.3 Å². The minimum absolute atomic E-state index is 0.412. The SMILES string of the molecule is O=C(O)C([As])c1cccc(F)c1. The van der Waals surface area contributed by atoms with Crippen LogP contribution in [0.1, 0.15) is 10.3 Å². The molecule has 0 fully saturated rings. The van der Waals surface area contributed by atoms with Crippen molar-refractivity contribution in [2.24, 2.45) is 0 Å². The molecule has 1 rings (SSSR count). The second-order valence-electron chi connectivity index (χ2n) is 2.30. The summed E-state index contributed by atoms with van der Waals surface area (Å²) in [6.45, 7) is 0. The van der Waals surface area contributed by atoms with Crippen molar-refractivity contribution >= 4 is 22.8 Å². The molecule has 2 radical (unpaired) electrons. The third kappa shape index (κ3) is 2.08. The Hall–Kier alpha value is -0.822. The first-order valence-corrected chi connectivity index (χ1v) is 4.36. The molecule has 0 saturated carbocycles. The molecule has 4 heteroatoms. The summed E-state index contributed by atoms with van der Waals surface area (Å²) < 4.78 is 11.9. The summed E-state index contributed by atoms with van der Waals surface area (Å²) in [7, 11) is 0. The van der Waals surface area contributed by atoms with Gasteiger partial charge < -0.3 is 0 Å². The van der Waals surface area contributed by atoms with E-state index < -0.39 is 16.5 Å². The second-order valence-corrected chi connectivity index (χ2v) is 3.38. The number of carboxylic acid groups (broad SMARTS) is 1. The van der Waals surface area contributed by atoms with E-state index in [0.29, 0.717) is 5.56 Å². The summed E-state index contributed by atoms with van der Waals surface area (Å²) in [6, 6.07) is 5.58. The van der Waals surface area contributed by atoms with Gasteiger partial charge in [0.25, 0.3) is 0 Å². The zero-order chi connectivity index (χ0) is 9.14. The van der Waals surface area contributed by atoms with Crippen molar-refractivity contribution in [3.63, 3.8) is 0 Å². The topological polar surface area (TPSA) is 37.3 Å². The van der Waals surface area contributed by atoms with Gasteiger partial charge in [-0.1, -0.05) is 0 Å². The number of hydrogen-bond donors (Lipinski definition) is 1. The fourth-order valence-electron chi connectivity index (χ4n) is 0.819. The molecule has 1 atom stereocenters. The van der Waals surface area contributed by atoms with Crippen LogP contribution in [-0.4, -0.2) is 27.9 Å². The van der Waals surface area contributed by atoms with E-state index in [1.807, 2.05) is 16.9 Å². The van der Waals surface area contributed by atoms with Crippen LogP contribution in [-0.2, 0) is 4.79 Å². The number of benzene rings is 1. The molecule has 0 aromatic heterocycles. The van der Waals surface area contributed by atoms with Gasteiger partial charge in [0.2, 0.25) is 0 Å². The number of hydrogen-bond acceptors (Lipinski definition) is 1. The van der Waals surface area contributed by atoms with Crippen molar-refractivity contribution in [1.29, 1.82) is 0 Å². The molecule has 0 aliphatic rings. The summed E-state index contributed by atoms with van der Waals surface area (Å²) >= 11 is 1.99. The van der Waals surface area contributed by atoms with Crippen molar-refractivity contribution in [1.82, 2.24) is 0 Å². The quantitative estimate of drug-likeness (QED) is 0.770. The number of rotatable bonds is 2. The van der Waals surface area contributed by atoms with Crippen LogP contribution >= 0.6 is 0 Å². The number of halogens is 1. The van der Waals surface area contributed by atoms with Gasteiger partial charge in [0, 0.05) is 0 Å². The van der Waals surface area contributed by atoms with E-state index in [2.05, 4.69) is 0 Å². The van der Waals surface area contributed by atoms with Crippen molar-refractivity contribution in [3.05, 3.63) is 35.6 Å². The summed E-state index contributed by atoms with van der Waals surface area (Å²) in [4.78, 5) is 10.5. The molecule has 0 amide bonds. The van der Waals surface area contributed by atoms with Gasteiger partial charge in [0.1, 0.15) is 0 Å². The van der Waals surface area contributed by atoms with E-state index in [1.54, 1.807) is 6.07 Å². The molecule has 0 spiro atoms. The molecule has 1 aromatic carbocycles. The summed E-state index contributed by atoms with van der Waals surface area (Å²) in [6.07, 6.45) is 0. The Labute approximate surface area is 77.9 Å². The fourth-order valence-corrected chi connectivity index (χ4v) is 1.16. The predicted molar refractivity (Wildman–Crippen MR) is 42.5 cm³/mol. The van der Waals surface area contributed by atoms with Gasteiger partial charge in [-0.25, -0.2) is 0 Å². The van der Waals surface area contributed by atoms with Crippen molar-refractivity contribution in [2.75, 3.05) is 0 Å². The van der Waals surface area contributed by atoms with Crippen molar-refractivity contribution in [3.8, 4) is 0 Å². The van der Waals surface area contributed by atoms with Crippen LogP contribution in [0.3, 0.4) is 0 Å². The van der Waals surface area contributed by atoms with Crippen LogP contribution in [0, 0.1) is 5.82 Å². The van der Waals surface area contributed by atoms with Gasteiger partial charge in [-0.05, 0) is 0 Å². The molecule has 1 unspecified atom stereocenters.